The van der Waals surface area contributed by atoms with Crippen LogP contribution < -0.4 is 10.6 Å². The molecule has 2 aromatic rings. The van der Waals surface area contributed by atoms with Gasteiger partial charge in [0.15, 0.2) is 0 Å². The number of carbonyl (C=O) groups is 3. The van der Waals surface area contributed by atoms with Crippen molar-refractivity contribution in [1.82, 2.24) is 20.4 Å². The first-order valence-corrected chi connectivity index (χ1v) is 15.2. The average Bonchev–Trinajstić information content (AvgIpc) is 3.42. The van der Waals surface area contributed by atoms with Crippen LogP contribution in [0.25, 0.3) is 0 Å². The number of benzene rings is 2. The van der Waals surface area contributed by atoms with Gasteiger partial charge in [-0.15, -0.1) is 6.58 Å². The Morgan fingerprint density at radius 1 is 1.05 bits per heavy atom. The molecule has 3 amide bonds. The summed E-state index contributed by atoms with van der Waals surface area (Å²) < 4.78 is 0. The molecule has 2 saturated heterocycles. The van der Waals surface area contributed by atoms with Gasteiger partial charge in [-0.3, -0.25) is 14.4 Å². The standard InChI is InChI=1S/C34H44N4O3/c1-4-23(2)20-29-32(39)36-30(28-21-26-10-6-7-11-27(26)22-28)34(41)38(29)31(25-14-12-24(3)13-15-25)33(40)35-16-19-37-17-8-5-9-18-37/h4,6-7,10-15,23,28-31H,1,5,8-9,16-22H2,2-3H3,(H,35,40)(H,36,39)/t23?,29-,30-,31-/m1/s1. The molecule has 0 radical (unpaired) electrons. The molecule has 2 aromatic carbocycles. The summed E-state index contributed by atoms with van der Waals surface area (Å²) in [6.07, 6.45) is 7.30. The highest BCUT2D eigenvalue weighted by Gasteiger charge is 2.49. The molecule has 2 heterocycles. The number of hydrogen-bond acceptors (Lipinski definition) is 4. The maximum atomic E-state index is 14.5. The Labute approximate surface area is 244 Å². The van der Waals surface area contributed by atoms with Crippen molar-refractivity contribution in [2.24, 2.45) is 11.8 Å². The Kier molecular flexibility index (Phi) is 9.23. The minimum atomic E-state index is -0.899. The zero-order valence-electron chi connectivity index (χ0n) is 24.5. The Bertz CT molecular complexity index is 1230. The largest absolute Gasteiger partial charge is 0.353 e. The fraction of sp³-hybridized carbons (Fsp3) is 0.500. The molecule has 218 valence electrons. The monoisotopic (exact) mass is 556 g/mol. The first-order chi connectivity index (χ1) is 19.9. The zero-order chi connectivity index (χ0) is 28.9. The van der Waals surface area contributed by atoms with Crippen molar-refractivity contribution in [3.05, 3.63) is 83.4 Å². The van der Waals surface area contributed by atoms with Gasteiger partial charge < -0.3 is 20.4 Å². The summed E-state index contributed by atoms with van der Waals surface area (Å²) in [5.41, 5.74) is 4.23. The van der Waals surface area contributed by atoms with Gasteiger partial charge in [0.25, 0.3) is 0 Å². The van der Waals surface area contributed by atoms with Crippen LogP contribution in [0, 0.1) is 18.8 Å². The van der Waals surface area contributed by atoms with Gasteiger partial charge in [0.05, 0.1) is 0 Å². The van der Waals surface area contributed by atoms with E-state index in [9.17, 15) is 14.4 Å². The number of likely N-dealkylation sites (tertiary alicyclic amines) is 1. The number of piperidine rings is 1. The highest BCUT2D eigenvalue weighted by atomic mass is 16.2. The van der Waals surface area contributed by atoms with E-state index in [4.69, 9.17) is 0 Å². The molecular weight excluding hydrogens is 512 g/mol. The predicted octanol–water partition coefficient (Wildman–Crippen LogP) is 3.96. The van der Waals surface area contributed by atoms with Gasteiger partial charge in [0.1, 0.15) is 18.1 Å². The lowest BCUT2D eigenvalue weighted by Crippen LogP contribution is -2.67. The van der Waals surface area contributed by atoms with Crippen LogP contribution in [0.3, 0.4) is 0 Å². The number of allylic oxidation sites excluding steroid dienone is 1. The van der Waals surface area contributed by atoms with Crippen LogP contribution in [-0.4, -0.2) is 65.8 Å². The third-order valence-electron chi connectivity index (χ3n) is 9.10. The number of aryl methyl sites for hydroxylation is 1. The molecule has 0 aromatic heterocycles. The number of rotatable bonds is 10. The number of nitrogens with zero attached hydrogens (tertiary/aromatic N) is 2. The van der Waals surface area contributed by atoms with Gasteiger partial charge >= 0.3 is 0 Å². The van der Waals surface area contributed by atoms with Crippen molar-refractivity contribution >= 4 is 17.7 Å². The number of amides is 3. The van der Waals surface area contributed by atoms with Crippen molar-refractivity contribution in [1.29, 1.82) is 0 Å². The van der Waals surface area contributed by atoms with Crippen molar-refractivity contribution in [2.45, 2.75) is 70.5 Å². The lowest BCUT2D eigenvalue weighted by Gasteiger charge is -2.45. The fourth-order valence-corrected chi connectivity index (χ4v) is 6.68. The van der Waals surface area contributed by atoms with Gasteiger partial charge in [-0.2, -0.15) is 0 Å². The molecule has 2 N–H and O–H groups in total. The lowest BCUT2D eigenvalue weighted by molar-refractivity contribution is -0.157. The van der Waals surface area contributed by atoms with Gasteiger partial charge in [0.2, 0.25) is 17.7 Å². The van der Waals surface area contributed by atoms with E-state index >= 15 is 0 Å². The minimum Gasteiger partial charge on any atom is -0.353 e. The normalized spacial score (nSPS) is 23.0. The van der Waals surface area contributed by atoms with E-state index in [1.807, 2.05) is 50.2 Å². The van der Waals surface area contributed by atoms with Crippen LogP contribution in [0.4, 0.5) is 0 Å². The highest BCUT2D eigenvalue weighted by molar-refractivity contribution is 6.00. The second kappa shape index (κ2) is 13.0. The fourth-order valence-electron chi connectivity index (χ4n) is 6.68. The van der Waals surface area contributed by atoms with Crippen LogP contribution in [-0.2, 0) is 27.2 Å². The van der Waals surface area contributed by atoms with Gasteiger partial charge in [-0.25, -0.2) is 0 Å². The van der Waals surface area contributed by atoms with Crippen LogP contribution in [0.15, 0.2) is 61.2 Å². The van der Waals surface area contributed by atoms with E-state index in [1.54, 1.807) is 11.0 Å². The van der Waals surface area contributed by atoms with E-state index in [0.717, 1.165) is 43.6 Å². The van der Waals surface area contributed by atoms with Crippen LogP contribution in [0.5, 0.6) is 0 Å². The summed E-state index contributed by atoms with van der Waals surface area (Å²) in [6.45, 7) is 11.3. The number of piperazine rings is 1. The third kappa shape index (κ3) is 6.56. The number of fused-ring (bicyclic) bond motifs is 1. The quantitative estimate of drug-likeness (QED) is 0.434. The van der Waals surface area contributed by atoms with Crippen molar-refractivity contribution in [3.8, 4) is 0 Å². The zero-order valence-corrected chi connectivity index (χ0v) is 24.5. The molecule has 7 nitrogen and oxygen atoms in total. The molecule has 1 unspecified atom stereocenters. The van der Waals surface area contributed by atoms with Crippen molar-refractivity contribution in [3.63, 3.8) is 0 Å². The van der Waals surface area contributed by atoms with Gasteiger partial charge in [-0.05, 0) is 80.6 Å². The summed E-state index contributed by atoms with van der Waals surface area (Å²) >= 11 is 0. The summed E-state index contributed by atoms with van der Waals surface area (Å²) in [4.78, 5) is 46.3. The predicted molar refractivity (Wildman–Crippen MR) is 161 cm³/mol. The van der Waals surface area contributed by atoms with E-state index in [0.29, 0.717) is 13.0 Å². The smallest absolute Gasteiger partial charge is 0.247 e. The molecule has 2 fully saturated rings. The minimum absolute atomic E-state index is 0.00540. The Morgan fingerprint density at radius 3 is 2.34 bits per heavy atom. The molecule has 0 bridgehead atoms. The molecule has 0 spiro atoms. The van der Waals surface area contributed by atoms with E-state index < -0.39 is 18.1 Å². The molecule has 1 aliphatic carbocycles. The van der Waals surface area contributed by atoms with Crippen molar-refractivity contribution in [2.75, 3.05) is 26.2 Å². The average molecular weight is 557 g/mol. The highest BCUT2D eigenvalue weighted by Crippen LogP contribution is 2.35. The maximum absolute atomic E-state index is 14.5. The molecule has 3 aliphatic rings. The molecule has 7 heteroatoms. The first-order valence-electron chi connectivity index (χ1n) is 15.2. The second-order valence-electron chi connectivity index (χ2n) is 12.1. The van der Waals surface area contributed by atoms with Crippen LogP contribution >= 0.6 is 0 Å². The molecule has 41 heavy (non-hydrogen) atoms. The van der Waals surface area contributed by atoms with E-state index in [2.05, 4.69) is 34.2 Å². The van der Waals surface area contributed by atoms with Crippen LogP contribution in [0.2, 0.25) is 0 Å². The first kappa shape index (κ1) is 29.1. The molecular formula is C34H44N4O3. The lowest BCUT2D eigenvalue weighted by atomic mass is 9.87. The topological polar surface area (TPSA) is 81.8 Å². The second-order valence-corrected chi connectivity index (χ2v) is 12.1. The SMILES string of the molecule is C=CC(C)C[C@@H]1C(=O)N[C@H](C2Cc3ccccc3C2)C(=O)N1[C@@H](C(=O)NCCN1CCCCC1)c1ccc(C)cc1. The number of carbonyl (C=O) groups excluding carboxylic acids is 3. The molecule has 5 rings (SSSR count). The molecule has 2 aliphatic heterocycles. The molecule has 4 atom stereocenters. The summed E-state index contributed by atoms with van der Waals surface area (Å²) in [6, 6.07) is 13.6. The summed E-state index contributed by atoms with van der Waals surface area (Å²) in [5, 5.41) is 6.23. The third-order valence-corrected chi connectivity index (χ3v) is 9.10. The maximum Gasteiger partial charge on any atom is 0.247 e. The molecule has 0 saturated carbocycles. The summed E-state index contributed by atoms with van der Waals surface area (Å²) in [5.74, 6) is -0.671. The van der Waals surface area contributed by atoms with Gasteiger partial charge in [-0.1, -0.05) is 73.5 Å². The van der Waals surface area contributed by atoms with Crippen molar-refractivity contribution < 1.29 is 14.4 Å². The Morgan fingerprint density at radius 2 is 1.71 bits per heavy atom. The number of hydrogen-bond donors (Lipinski definition) is 2. The Balaban J connectivity index is 1.45. The van der Waals surface area contributed by atoms with Crippen LogP contribution in [0.1, 0.15) is 60.9 Å². The van der Waals surface area contributed by atoms with E-state index in [-0.39, 0.29) is 29.6 Å². The van der Waals surface area contributed by atoms with E-state index in [1.165, 1.54) is 30.4 Å². The number of nitrogens with one attached hydrogen (secondary N) is 2. The van der Waals surface area contributed by atoms with Gasteiger partial charge in [0, 0.05) is 13.1 Å². The Hall–Kier alpha value is -3.45. The summed E-state index contributed by atoms with van der Waals surface area (Å²) in [7, 11) is 0.